The minimum atomic E-state index is -0.607. The number of rotatable bonds is 4. The first-order valence-corrected chi connectivity index (χ1v) is 7.51. The maximum Gasteiger partial charge on any atom is 0.333 e. The van der Waals surface area contributed by atoms with Gasteiger partial charge in [-0.05, 0) is 19.1 Å². The second-order valence-corrected chi connectivity index (χ2v) is 5.37. The fourth-order valence-corrected chi connectivity index (χ4v) is 2.59. The molecule has 10 heteroatoms. The van der Waals surface area contributed by atoms with Crippen molar-refractivity contribution >= 4 is 34.9 Å². The van der Waals surface area contributed by atoms with Crippen LogP contribution in [-0.2, 0) is 0 Å². The van der Waals surface area contributed by atoms with Crippen molar-refractivity contribution in [3.8, 4) is 11.6 Å². The first-order valence-electron chi connectivity index (χ1n) is 7.13. The quantitative estimate of drug-likeness (QED) is 0.653. The number of aromatic nitrogens is 4. The van der Waals surface area contributed by atoms with E-state index >= 15 is 0 Å². The minimum Gasteiger partial charge on any atom is -0.476 e. The van der Waals surface area contributed by atoms with Crippen molar-refractivity contribution in [2.75, 3.05) is 13.2 Å². The Hall–Kier alpha value is -2.42. The molecule has 0 aliphatic heterocycles. The summed E-state index contributed by atoms with van der Waals surface area (Å²) in [5.74, 6) is 0.0273. The molecule has 25 heavy (non-hydrogen) atoms. The number of hydrogen-bond acceptors (Lipinski definition) is 6. The molecular formula is C15H15Cl2N5O3. The normalized spacial score (nSPS) is 10.5. The predicted octanol–water partition coefficient (Wildman–Crippen LogP) is 1.19. The van der Waals surface area contributed by atoms with Crippen LogP contribution in [0.4, 0.5) is 0 Å². The largest absolute Gasteiger partial charge is 0.476 e. The summed E-state index contributed by atoms with van der Waals surface area (Å²) in [6.07, 6.45) is 1.61. The van der Waals surface area contributed by atoms with E-state index in [4.69, 9.17) is 22.1 Å². The van der Waals surface area contributed by atoms with Gasteiger partial charge in [-0.25, -0.2) is 9.78 Å². The molecule has 0 spiro atoms. The van der Waals surface area contributed by atoms with Crippen molar-refractivity contribution in [1.82, 2.24) is 19.5 Å². The number of pyridine rings is 2. The van der Waals surface area contributed by atoms with Gasteiger partial charge < -0.3 is 10.5 Å². The highest BCUT2D eigenvalue weighted by Crippen LogP contribution is 2.25. The second-order valence-electron chi connectivity index (χ2n) is 4.98. The standard InChI is InChI=1S/C15H14ClN5O3.ClH/c1-8-9(3-2-5-18-8)21-10-7-11(16)19-14(24-6-4-17)12(10)13(22)20-15(21)23;/h2-3,5,7H,4,6,17H2,1H3,(H,20,22,23);1H. The Bertz CT molecular complexity index is 1030. The topological polar surface area (TPSA) is 116 Å². The van der Waals surface area contributed by atoms with Gasteiger partial charge in [0.25, 0.3) is 5.56 Å². The van der Waals surface area contributed by atoms with Gasteiger partial charge in [0.15, 0.2) is 0 Å². The van der Waals surface area contributed by atoms with Crippen LogP contribution in [0.3, 0.4) is 0 Å². The zero-order valence-corrected chi connectivity index (χ0v) is 14.7. The maximum atomic E-state index is 12.4. The molecule has 0 aromatic carbocycles. The molecule has 0 fully saturated rings. The van der Waals surface area contributed by atoms with E-state index in [9.17, 15) is 9.59 Å². The van der Waals surface area contributed by atoms with Crippen molar-refractivity contribution in [3.05, 3.63) is 56.1 Å². The van der Waals surface area contributed by atoms with Gasteiger partial charge in [0.1, 0.15) is 17.1 Å². The maximum absolute atomic E-state index is 12.4. The molecule has 3 heterocycles. The van der Waals surface area contributed by atoms with Crippen molar-refractivity contribution in [2.45, 2.75) is 6.92 Å². The van der Waals surface area contributed by atoms with E-state index in [1.54, 1.807) is 25.3 Å². The zero-order valence-electron chi connectivity index (χ0n) is 13.2. The first-order chi connectivity index (χ1) is 11.5. The number of nitrogens with one attached hydrogen (secondary N) is 1. The van der Waals surface area contributed by atoms with Gasteiger partial charge in [-0.2, -0.15) is 0 Å². The summed E-state index contributed by atoms with van der Waals surface area (Å²) >= 11 is 6.04. The average Bonchev–Trinajstić information content (AvgIpc) is 2.53. The number of nitrogens with zero attached hydrogens (tertiary/aromatic N) is 3. The Morgan fingerprint density at radius 3 is 2.84 bits per heavy atom. The zero-order chi connectivity index (χ0) is 17.3. The van der Waals surface area contributed by atoms with Crippen molar-refractivity contribution in [1.29, 1.82) is 0 Å². The van der Waals surface area contributed by atoms with Crippen LogP contribution >= 0.6 is 24.0 Å². The number of nitrogens with two attached hydrogens (primary N) is 1. The smallest absolute Gasteiger partial charge is 0.333 e. The molecule has 3 aromatic rings. The lowest BCUT2D eigenvalue weighted by molar-refractivity contribution is 0.319. The minimum absolute atomic E-state index is 0. The van der Waals surface area contributed by atoms with E-state index < -0.39 is 11.2 Å². The van der Waals surface area contributed by atoms with Crippen molar-refractivity contribution in [3.63, 3.8) is 0 Å². The van der Waals surface area contributed by atoms with Crippen LogP contribution in [-0.4, -0.2) is 32.7 Å². The fraction of sp³-hybridized carbons (Fsp3) is 0.200. The monoisotopic (exact) mass is 383 g/mol. The molecule has 8 nitrogen and oxygen atoms in total. The summed E-state index contributed by atoms with van der Waals surface area (Å²) in [6, 6.07) is 4.85. The molecule has 132 valence electrons. The third-order valence-corrected chi connectivity index (χ3v) is 3.60. The molecule has 0 saturated carbocycles. The van der Waals surface area contributed by atoms with Crippen LogP contribution in [0.15, 0.2) is 34.0 Å². The van der Waals surface area contributed by atoms with Crippen LogP contribution in [0, 0.1) is 6.92 Å². The third kappa shape index (κ3) is 3.51. The summed E-state index contributed by atoms with van der Waals surface area (Å²) < 4.78 is 6.74. The SMILES string of the molecule is Cc1ncccc1-n1c(=O)[nH]c(=O)c2c(OCCN)nc(Cl)cc21.Cl. The molecule has 0 amide bonds. The number of aryl methyl sites for hydroxylation is 1. The molecule has 0 radical (unpaired) electrons. The molecule has 0 unspecified atom stereocenters. The van der Waals surface area contributed by atoms with Gasteiger partial charge in [-0.3, -0.25) is 19.3 Å². The summed E-state index contributed by atoms with van der Waals surface area (Å²) in [6.45, 7) is 2.16. The van der Waals surface area contributed by atoms with E-state index in [1.807, 2.05) is 0 Å². The summed E-state index contributed by atoms with van der Waals surface area (Å²) in [7, 11) is 0. The number of H-pyrrole nitrogens is 1. The molecule has 0 atom stereocenters. The molecule has 0 bridgehead atoms. The summed E-state index contributed by atoms with van der Waals surface area (Å²) in [4.78, 5) is 35.2. The van der Waals surface area contributed by atoms with Crippen LogP contribution in [0.25, 0.3) is 16.6 Å². The van der Waals surface area contributed by atoms with Crippen LogP contribution in [0.5, 0.6) is 5.88 Å². The van der Waals surface area contributed by atoms with Crippen molar-refractivity contribution < 1.29 is 4.74 Å². The lowest BCUT2D eigenvalue weighted by Gasteiger charge is -2.13. The highest BCUT2D eigenvalue weighted by Gasteiger charge is 2.17. The summed E-state index contributed by atoms with van der Waals surface area (Å²) in [5, 5.41) is 0.213. The molecule has 3 rings (SSSR count). The molecule has 3 N–H and O–H groups in total. The van der Waals surface area contributed by atoms with Crippen molar-refractivity contribution in [2.24, 2.45) is 5.73 Å². The van der Waals surface area contributed by atoms with Crippen LogP contribution < -0.4 is 21.7 Å². The Morgan fingerprint density at radius 1 is 1.40 bits per heavy atom. The Labute approximate surface area is 153 Å². The molecule has 0 saturated heterocycles. The lowest BCUT2D eigenvalue weighted by Crippen LogP contribution is -2.30. The number of ether oxygens (including phenoxy) is 1. The lowest BCUT2D eigenvalue weighted by atomic mass is 10.2. The molecule has 0 aliphatic carbocycles. The first kappa shape index (κ1) is 18.9. The van der Waals surface area contributed by atoms with E-state index in [-0.39, 0.29) is 47.5 Å². The second kappa shape index (κ2) is 7.64. The van der Waals surface area contributed by atoms with Gasteiger partial charge in [-0.1, -0.05) is 11.6 Å². The highest BCUT2D eigenvalue weighted by atomic mass is 35.5. The Balaban J connectivity index is 0.00000225. The number of halogens is 2. The van der Waals surface area contributed by atoms with Gasteiger partial charge in [0, 0.05) is 18.8 Å². The van der Waals surface area contributed by atoms with E-state index in [0.717, 1.165) is 0 Å². The number of hydrogen-bond donors (Lipinski definition) is 2. The highest BCUT2D eigenvalue weighted by molar-refractivity contribution is 6.30. The Kier molecular flexibility index (Phi) is 5.78. The number of fused-ring (bicyclic) bond motifs is 1. The average molecular weight is 384 g/mol. The van der Waals surface area contributed by atoms with E-state index in [0.29, 0.717) is 11.4 Å². The van der Waals surface area contributed by atoms with Gasteiger partial charge in [0.2, 0.25) is 5.88 Å². The fourth-order valence-electron chi connectivity index (χ4n) is 2.41. The van der Waals surface area contributed by atoms with E-state index in [2.05, 4.69) is 15.0 Å². The van der Waals surface area contributed by atoms with Crippen LogP contribution in [0.1, 0.15) is 5.69 Å². The molecule has 3 aromatic heterocycles. The third-order valence-electron chi connectivity index (χ3n) is 3.40. The molecule has 0 aliphatic rings. The molecular weight excluding hydrogens is 369 g/mol. The van der Waals surface area contributed by atoms with Crippen LogP contribution in [0.2, 0.25) is 5.15 Å². The van der Waals surface area contributed by atoms with Gasteiger partial charge in [-0.15, -0.1) is 12.4 Å². The number of aromatic amines is 1. The van der Waals surface area contributed by atoms with Gasteiger partial charge >= 0.3 is 5.69 Å². The van der Waals surface area contributed by atoms with Gasteiger partial charge in [0.05, 0.1) is 16.9 Å². The van der Waals surface area contributed by atoms with E-state index in [1.165, 1.54) is 10.6 Å². The predicted molar refractivity (Wildman–Crippen MR) is 97.3 cm³/mol. The summed E-state index contributed by atoms with van der Waals surface area (Å²) in [5.41, 5.74) is 5.64. The Morgan fingerprint density at radius 2 is 2.16 bits per heavy atom.